The third kappa shape index (κ3) is 6.39. The van der Waals surface area contributed by atoms with E-state index in [2.05, 4.69) is 5.32 Å². The molecule has 0 aliphatic carbocycles. The van der Waals surface area contributed by atoms with Crippen molar-refractivity contribution < 1.29 is 9.90 Å². The molecule has 0 saturated carbocycles. The summed E-state index contributed by atoms with van der Waals surface area (Å²) >= 11 is 0. The van der Waals surface area contributed by atoms with E-state index in [-0.39, 0.29) is 17.4 Å². The van der Waals surface area contributed by atoms with Gasteiger partial charge in [-0.3, -0.25) is 4.79 Å². The van der Waals surface area contributed by atoms with Crippen molar-refractivity contribution >= 4 is 5.91 Å². The molecule has 0 aliphatic rings. The van der Waals surface area contributed by atoms with E-state index in [1.54, 1.807) is 6.92 Å². The van der Waals surface area contributed by atoms with Crippen LogP contribution < -0.4 is 5.32 Å². The molecular weight excluding hydrogens is 238 g/mol. The number of hydrogen-bond donors (Lipinski definition) is 2. The molecule has 0 saturated heterocycles. The van der Waals surface area contributed by atoms with Crippen LogP contribution >= 0.6 is 0 Å². The second-order valence-corrected chi connectivity index (χ2v) is 6.16. The van der Waals surface area contributed by atoms with Crippen LogP contribution in [0.1, 0.15) is 38.3 Å². The molecular formula is C16H25NO2. The van der Waals surface area contributed by atoms with E-state index in [1.807, 2.05) is 45.0 Å². The second kappa shape index (κ2) is 6.71. The third-order valence-corrected chi connectivity index (χ3v) is 3.06. The minimum absolute atomic E-state index is 0.0317. The summed E-state index contributed by atoms with van der Waals surface area (Å²) in [5.74, 6) is 0.0317. The first-order chi connectivity index (χ1) is 8.78. The number of aliphatic hydroxyl groups is 1. The molecule has 1 aromatic carbocycles. The zero-order chi connectivity index (χ0) is 14.5. The van der Waals surface area contributed by atoms with Gasteiger partial charge in [0.25, 0.3) is 0 Å². The summed E-state index contributed by atoms with van der Waals surface area (Å²) < 4.78 is 0. The highest BCUT2D eigenvalue weighted by atomic mass is 16.3. The molecule has 1 amide bonds. The molecule has 0 radical (unpaired) electrons. The lowest BCUT2D eigenvalue weighted by atomic mass is 9.87. The van der Waals surface area contributed by atoms with Gasteiger partial charge in [-0.15, -0.1) is 0 Å². The molecule has 0 spiro atoms. The van der Waals surface area contributed by atoms with Crippen molar-refractivity contribution in [1.29, 1.82) is 0 Å². The lowest BCUT2D eigenvalue weighted by molar-refractivity contribution is -0.121. The minimum Gasteiger partial charge on any atom is -0.393 e. The van der Waals surface area contributed by atoms with Gasteiger partial charge in [0.2, 0.25) is 5.91 Å². The molecule has 1 unspecified atom stereocenters. The van der Waals surface area contributed by atoms with Gasteiger partial charge in [-0.2, -0.15) is 0 Å². The first-order valence-electron chi connectivity index (χ1n) is 6.79. The van der Waals surface area contributed by atoms with Gasteiger partial charge in [0.15, 0.2) is 0 Å². The Hall–Kier alpha value is -1.35. The topological polar surface area (TPSA) is 49.3 Å². The van der Waals surface area contributed by atoms with Gasteiger partial charge in [0, 0.05) is 6.54 Å². The molecule has 1 atom stereocenters. The fourth-order valence-electron chi connectivity index (χ4n) is 2.28. The number of aliphatic hydroxyl groups excluding tert-OH is 1. The van der Waals surface area contributed by atoms with Crippen molar-refractivity contribution in [3.63, 3.8) is 0 Å². The highest BCUT2D eigenvalue weighted by molar-refractivity contribution is 5.78. The normalized spacial score (nSPS) is 13.1. The maximum Gasteiger partial charge on any atom is 0.224 e. The van der Waals surface area contributed by atoms with E-state index in [0.29, 0.717) is 19.4 Å². The number of hydrogen-bond acceptors (Lipinski definition) is 2. The van der Waals surface area contributed by atoms with Crippen molar-refractivity contribution in [3.8, 4) is 0 Å². The molecule has 0 fully saturated rings. The van der Waals surface area contributed by atoms with Gasteiger partial charge in [-0.1, -0.05) is 43.7 Å². The zero-order valence-corrected chi connectivity index (χ0v) is 12.4. The first kappa shape index (κ1) is 15.7. The summed E-state index contributed by atoms with van der Waals surface area (Å²) in [5.41, 5.74) is 2.11. The zero-order valence-electron chi connectivity index (χ0n) is 12.4. The number of aryl methyl sites for hydroxylation is 1. The van der Waals surface area contributed by atoms with Gasteiger partial charge >= 0.3 is 0 Å². The maximum absolute atomic E-state index is 11.9. The van der Waals surface area contributed by atoms with Crippen LogP contribution in [0, 0.1) is 12.3 Å². The summed E-state index contributed by atoms with van der Waals surface area (Å²) in [6, 6.07) is 7.98. The summed E-state index contributed by atoms with van der Waals surface area (Å²) in [4.78, 5) is 11.9. The predicted molar refractivity (Wildman–Crippen MR) is 78.0 cm³/mol. The van der Waals surface area contributed by atoms with Crippen molar-refractivity contribution in [2.75, 3.05) is 6.54 Å². The van der Waals surface area contributed by atoms with Crippen LogP contribution in [-0.2, 0) is 11.2 Å². The largest absolute Gasteiger partial charge is 0.393 e. The molecule has 0 aromatic heterocycles. The number of benzene rings is 1. The monoisotopic (exact) mass is 263 g/mol. The SMILES string of the molecule is Cc1cccc(CC(=O)NCC(C)(C)CC(C)O)c1. The fraction of sp³-hybridized carbons (Fsp3) is 0.562. The van der Waals surface area contributed by atoms with Crippen LogP contribution in [0.15, 0.2) is 24.3 Å². The number of amides is 1. The van der Waals surface area contributed by atoms with Crippen LogP contribution in [-0.4, -0.2) is 23.7 Å². The summed E-state index contributed by atoms with van der Waals surface area (Å²) in [6.45, 7) is 8.48. The molecule has 1 aromatic rings. The van der Waals surface area contributed by atoms with Crippen molar-refractivity contribution in [2.24, 2.45) is 5.41 Å². The van der Waals surface area contributed by atoms with Gasteiger partial charge in [-0.05, 0) is 31.2 Å². The Morgan fingerprint density at radius 3 is 2.68 bits per heavy atom. The van der Waals surface area contributed by atoms with Gasteiger partial charge in [-0.25, -0.2) is 0 Å². The molecule has 0 bridgehead atoms. The Morgan fingerprint density at radius 2 is 2.11 bits per heavy atom. The lowest BCUT2D eigenvalue weighted by Gasteiger charge is -2.26. The van der Waals surface area contributed by atoms with E-state index in [0.717, 1.165) is 5.56 Å². The maximum atomic E-state index is 11.9. The van der Waals surface area contributed by atoms with Crippen molar-refractivity contribution in [3.05, 3.63) is 35.4 Å². The Bertz CT molecular complexity index is 425. The Morgan fingerprint density at radius 1 is 1.42 bits per heavy atom. The van der Waals surface area contributed by atoms with Crippen molar-refractivity contribution in [1.82, 2.24) is 5.32 Å². The standard InChI is InChI=1S/C16H25NO2/c1-12-6-5-7-14(8-12)9-15(19)17-11-16(3,4)10-13(2)18/h5-8,13,18H,9-11H2,1-4H3,(H,17,19). The number of rotatable bonds is 6. The first-order valence-corrected chi connectivity index (χ1v) is 6.79. The van der Waals surface area contributed by atoms with Crippen molar-refractivity contribution in [2.45, 2.75) is 46.6 Å². The lowest BCUT2D eigenvalue weighted by Crippen LogP contribution is -2.36. The second-order valence-electron chi connectivity index (χ2n) is 6.16. The van der Waals surface area contributed by atoms with E-state index < -0.39 is 0 Å². The van der Waals surface area contributed by atoms with E-state index in [9.17, 15) is 9.90 Å². The molecule has 3 heteroatoms. The van der Waals surface area contributed by atoms with Crippen LogP contribution in [0.5, 0.6) is 0 Å². The Kier molecular flexibility index (Phi) is 5.55. The number of nitrogens with one attached hydrogen (secondary N) is 1. The summed E-state index contributed by atoms with van der Waals surface area (Å²) in [6.07, 6.45) is 0.744. The van der Waals surface area contributed by atoms with Crippen LogP contribution in [0.25, 0.3) is 0 Å². The molecule has 1 rings (SSSR count). The predicted octanol–water partition coefficient (Wildman–Crippen LogP) is 2.45. The minimum atomic E-state index is -0.344. The van der Waals surface area contributed by atoms with Gasteiger partial charge in [0.05, 0.1) is 12.5 Å². The Balaban J connectivity index is 2.44. The molecule has 0 aliphatic heterocycles. The molecule has 106 valence electrons. The average Bonchev–Trinajstić information content (AvgIpc) is 2.25. The number of carbonyl (C=O) groups is 1. The van der Waals surface area contributed by atoms with Crippen LogP contribution in [0.4, 0.5) is 0 Å². The highest BCUT2D eigenvalue weighted by Gasteiger charge is 2.21. The third-order valence-electron chi connectivity index (χ3n) is 3.06. The average molecular weight is 263 g/mol. The Labute approximate surface area is 116 Å². The summed E-state index contributed by atoms with van der Waals surface area (Å²) in [5, 5.41) is 12.4. The van der Waals surface area contributed by atoms with E-state index in [1.165, 1.54) is 5.56 Å². The van der Waals surface area contributed by atoms with Crippen LogP contribution in [0.2, 0.25) is 0 Å². The summed E-state index contributed by atoms with van der Waals surface area (Å²) in [7, 11) is 0. The smallest absolute Gasteiger partial charge is 0.224 e. The fourth-order valence-corrected chi connectivity index (χ4v) is 2.28. The van der Waals surface area contributed by atoms with Crippen LogP contribution in [0.3, 0.4) is 0 Å². The quantitative estimate of drug-likeness (QED) is 0.828. The molecule has 0 heterocycles. The van der Waals surface area contributed by atoms with E-state index >= 15 is 0 Å². The van der Waals surface area contributed by atoms with E-state index in [4.69, 9.17) is 0 Å². The number of carbonyl (C=O) groups excluding carboxylic acids is 1. The van der Waals surface area contributed by atoms with Gasteiger partial charge < -0.3 is 10.4 Å². The highest BCUT2D eigenvalue weighted by Crippen LogP contribution is 2.21. The molecule has 3 nitrogen and oxygen atoms in total. The molecule has 2 N–H and O–H groups in total. The van der Waals surface area contributed by atoms with Gasteiger partial charge in [0.1, 0.15) is 0 Å². The molecule has 19 heavy (non-hydrogen) atoms.